The Morgan fingerprint density at radius 3 is 3.10 bits per heavy atom. The molecule has 0 saturated carbocycles. The van der Waals surface area contributed by atoms with Gasteiger partial charge >= 0.3 is 0 Å². The molecule has 20 heavy (non-hydrogen) atoms. The van der Waals surface area contributed by atoms with Gasteiger partial charge in [-0.25, -0.2) is 9.97 Å². The molecule has 2 atom stereocenters. The Kier molecular flexibility index (Phi) is 2.73. The second-order valence-corrected chi connectivity index (χ2v) is 5.78. The van der Waals surface area contributed by atoms with Gasteiger partial charge in [-0.1, -0.05) is 0 Å². The molecular weight excluding hydrogens is 250 g/mol. The first kappa shape index (κ1) is 11.9. The first-order valence-electron chi connectivity index (χ1n) is 7.32. The van der Waals surface area contributed by atoms with E-state index in [1.807, 2.05) is 18.2 Å². The molecule has 0 aliphatic carbocycles. The highest BCUT2D eigenvalue weighted by molar-refractivity contribution is 5.91. The number of nitrogens with one attached hydrogen (secondary N) is 1. The number of nitrogens with two attached hydrogens (primary N) is 1. The molecule has 0 bridgehead atoms. The third-order valence-corrected chi connectivity index (χ3v) is 4.59. The number of fused-ring (bicyclic) bond motifs is 2. The van der Waals surface area contributed by atoms with Crippen LogP contribution >= 0.6 is 0 Å². The summed E-state index contributed by atoms with van der Waals surface area (Å²) in [5, 5.41) is 4.65. The molecule has 4 rings (SSSR count). The van der Waals surface area contributed by atoms with Gasteiger partial charge in [-0.15, -0.1) is 0 Å². The van der Waals surface area contributed by atoms with Crippen molar-refractivity contribution in [3.63, 3.8) is 0 Å². The summed E-state index contributed by atoms with van der Waals surface area (Å²) in [5.74, 6) is 0.918. The van der Waals surface area contributed by atoms with E-state index in [0.29, 0.717) is 12.1 Å². The van der Waals surface area contributed by atoms with Crippen molar-refractivity contribution in [2.24, 2.45) is 0 Å². The van der Waals surface area contributed by atoms with Crippen molar-refractivity contribution in [2.75, 3.05) is 24.1 Å². The number of nitrogens with zero attached hydrogens (tertiary/aromatic N) is 3. The van der Waals surface area contributed by atoms with Crippen LogP contribution in [0.25, 0.3) is 10.9 Å². The number of benzene rings is 1. The van der Waals surface area contributed by atoms with E-state index in [2.05, 4.69) is 20.2 Å². The molecule has 0 radical (unpaired) electrons. The molecule has 0 amide bonds. The maximum absolute atomic E-state index is 5.89. The van der Waals surface area contributed by atoms with Gasteiger partial charge in [0, 0.05) is 29.7 Å². The molecule has 104 valence electrons. The first-order chi connectivity index (χ1) is 9.81. The van der Waals surface area contributed by atoms with Crippen molar-refractivity contribution < 1.29 is 0 Å². The van der Waals surface area contributed by atoms with Gasteiger partial charge in [-0.05, 0) is 44.0 Å². The minimum Gasteiger partial charge on any atom is -0.399 e. The summed E-state index contributed by atoms with van der Waals surface area (Å²) >= 11 is 0. The van der Waals surface area contributed by atoms with E-state index < -0.39 is 0 Å². The Labute approximate surface area is 118 Å². The summed E-state index contributed by atoms with van der Waals surface area (Å²) in [6.45, 7) is 2.45. The molecule has 5 heteroatoms. The molecule has 0 spiro atoms. The molecule has 5 nitrogen and oxygen atoms in total. The monoisotopic (exact) mass is 269 g/mol. The highest BCUT2D eigenvalue weighted by Gasteiger charge is 2.37. The topological polar surface area (TPSA) is 67.1 Å². The SMILES string of the molecule is Nc1ccc2ncnc(NC3CCN4CCCC34)c2c1. The van der Waals surface area contributed by atoms with Crippen molar-refractivity contribution >= 4 is 22.4 Å². The lowest BCUT2D eigenvalue weighted by Gasteiger charge is -2.22. The van der Waals surface area contributed by atoms with Gasteiger partial charge in [0.2, 0.25) is 0 Å². The molecule has 2 aliphatic rings. The third-order valence-electron chi connectivity index (χ3n) is 4.59. The van der Waals surface area contributed by atoms with Crippen LogP contribution in [0, 0.1) is 0 Å². The van der Waals surface area contributed by atoms with Crippen LogP contribution in [-0.2, 0) is 0 Å². The van der Waals surface area contributed by atoms with Crippen LogP contribution in [0.4, 0.5) is 11.5 Å². The third kappa shape index (κ3) is 1.89. The number of hydrogen-bond acceptors (Lipinski definition) is 5. The van der Waals surface area contributed by atoms with Gasteiger partial charge < -0.3 is 11.1 Å². The minimum atomic E-state index is 0.497. The Bertz CT molecular complexity index is 641. The van der Waals surface area contributed by atoms with Crippen LogP contribution in [0.1, 0.15) is 19.3 Å². The Morgan fingerprint density at radius 1 is 1.20 bits per heavy atom. The Morgan fingerprint density at radius 2 is 2.15 bits per heavy atom. The maximum Gasteiger partial charge on any atom is 0.137 e. The lowest BCUT2D eigenvalue weighted by atomic mass is 10.1. The number of hydrogen-bond donors (Lipinski definition) is 2. The normalized spacial score (nSPS) is 26.0. The summed E-state index contributed by atoms with van der Waals surface area (Å²) in [7, 11) is 0. The molecule has 1 aromatic heterocycles. The quantitative estimate of drug-likeness (QED) is 0.815. The maximum atomic E-state index is 5.89. The van der Waals surface area contributed by atoms with Crippen LogP contribution < -0.4 is 11.1 Å². The van der Waals surface area contributed by atoms with Gasteiger partial charge in [0.25, 0.3) is 0 Å². The average Bonchev–Trinajstić information content (AvgIpc) is 3.04. The van der Waals surface area contributed by atoms with Crippen molar-refractivity contribution in [2.45, 2.75) is 31.3 Å². The van der Waals surface area contributed by atoms with Gasteiger partial charge in [0.05, 0.1) is 5.52 Å². The van der Waals surface area contributed by atoms with Crippen molar-refractivity contribution in [1.82, 2.24) is 14.9 Å². The zero-order chi connectivity index (χ0) is 13.5. The smallest absolute Gasteiger partial charge is 0.137 e. The van der Waals surface area contributed by atoms with E-state index >= 15 is 0 Å². The van der Waals surface area contributed by atoms with Crippen molar-refractivity contribution in [3.8, 4) is 0 Å². The largest absolute Gasteiger partial charge is 0.399 e. The van der Waals surface area contributed by atoms with Crippen molar-refractivity contribution in [3.05, 3.63) is 24.5 Å². The fraction of sp³-hybridized carbons (Fsp3) is 0.467. The van der Waals surface area contributed by atoms with E-state index in [-0.39, 0.29) is 0 Å². The Balaban J connectivity index is 1.67. The molecule has 2 fully saturated rings. The molecular formula is C15H19N5. The van der Waals surface area contributed by atoms with Crippen LogP contribution in [0.5, 0.6) is 0 Å². The van der Waals surface area contributed by atoms with Gasteiger partial charge in [0.15, 0.2) is 0 Å². The van der Waals surface area contributed by atoms with E-state index in [1.165, 1.54) is 32.4 Å². The second kappa shape index (κ2) is 4.59. The molecule has 3 heterocycles. The predicted molar refractivity (Wildman–Crippen MR) is 80.6 cm³/mol. The van der Waals surface area contributed by atoms with Gasteiger partial charge in [-0.2, -0.15) is 0 Å². The zero-order valence-corrected chi connectivity index (χ0v) is 11.4. The summed E-state index contributed by atoms with van der Waals surface area (Å²) < 4.78 is 0. The Hall–Kier alpha value is -1.88. The van der Waals surface area contributed by atoms with Gasteiger partial charge in [0.1, 0.15) is 12.1 Å². The summed E-state index contributed by atoms with van der Waals surface area (Å²) in [5.41, 5.74) is 7.59. The predicted octanol–water partition coefficient (Wildman–Crippen LogP) is 1.86. The molecule has 1 aromatic carbocycles. The van der Waals surface area contributed by atoms with Crippen LogP contribution in [0.2, 0.25) is 0 Å². The molecule has 2 aliphatic heterocycles. The van der Waals surface area contributed by atoms with E-state index in [1.54, 1.807) is 6.33 Å². The summed E-state index contributed by atoms with van der Waals surface area (Å²) in [4.78, 5) is 11.3. The first-order valence-corrected chi connectivity index (χ1v) is 7.32. The fourth-order valence-electron chi connectivity index (χ4n) is 3.62. The average molecular weight is 269 g/mol. The number of aromatic nitrogens is 2. The van der Waals surface area contributed by atoms with Crippen LogP contribution in [0.3, 0.4) is 0 Å². The highest BCUT2D eigenvalue weighted by atomic mass is 15.2. The van der Waals surface area contributed by atoms with Crippen LogP contribution in [-0.4, -0.2) is 40.0 Å². The number of rotatable bonds is 2. The van der Waals surface area contributed by atoms with Gasteiger partial charge in [-0.3, -0.25) is 4.90 Å². The minimum absolute atomic E-state index is 0.497. The van der Waals surface area contributed by atoms with E-state index in [4.69, 9.17) is 5.73 Å². The summed E-state index contributed by atoms with van der Waals surface area (Å²) in [6.07, 6.45) is 5.43. The lowest BCUT2D eigenvalue weighted by Crippen LogP contribution is -2.34. The molecule has 3 N–H and O–H groups in total. The number of anilines is 2. The zero-order valence-electron chi connectivity index (χ0n) is 11.4. The molecule has 2 unspecified atom stereocenters. The fourth-order valence-corrected chi connectivity index (χ4v) is 3.62. The summed E-state index contributed by atoms with van der Waals surface area (Å²) in [6, 6.07) is 6.96. The highest BCUT2D eigenvalue weighted by Crippen LogP contribution is 2.31. The second-order valence-electron chi connectivity index (χ2n) is 5.78. The molecule has 2 saturated heterocycles. The van der Waals surface area contributed by atoms with Crippen LogP contribution in [0.15, 0.2) is 24.5 Å². The van der Waals surface area contributed by atoms with E-state index in [0.717, 1.165) is 22.4 Å². The molecule has 2 aromatic rings. The standard InChI is InChI=1S/C15H19N5/c16-10-3-4-12-11(8-10)15(18-9-17-12)19-13-5-7-20-6-1-2-14(13)20/h3-4,8-9,13-14H,1-2,5-7,16H2,(H,17,18,19). The lowest BCUT2D eigenvalue weighted by molar-refractivity contribution is 0.318. The number of nitrogen functional groups attached to an aromatic ring is 1. The van der Waals surface area contributed by atoms with E-state index in [9.17, 15) is 0 Å². The van der Waals surface area contributed by atoms with Crippen molar-refractivity contribution in [1.29, 1.82) is 0 Å².